The average molecular weight is 364 g/mol. The Hall–Kier alpha value is -2.71. The number of rotatable bonds is 3. The topological polar surface area (TPSA) is 108 Å². The minimum atomic E-state index is -3.89. The molecule has 4 aromatic rings. The fourth-order valence-electron chi connectivity index (χ4n) is 2.55. The van der Waals surface area contributed by atoms with Crippen molar-refractivity contribution < 1.29 is 12.8 Å². The molecule has 2 aromatic carbocycles. The van der Waals surface area contributed by atoms with E-state index in [1.54, 1.807) is 30.3 Å². The van der Waals surface area contributed by atoms with Gasteiger partial charge in [-0.1, -0.05) is 17.7 Å². The second kappa shape index (κ2) is 5.15. The predicted molar refractivity (Wildman–Crippen MR) is 91.0 cm³/mol. The number of hydrogen-bond acceptors (Lipinski definition) is 4. The summed E-state index contributed by atoms with van der Waals surface area (Å²) in [5.74, 6) is -0.654. The maximum absolute atomic E-state index is 12.7. The third kappa shape index (κ3) is 2.36. The molecule has 24 heavy (non-hydrogen) atoms. The first-order valence-corrected chi connectivity index (χ1v) is 8.71. The van der Waals surface area contributed by atoms with Gasteiger partial charge < -0.3 is 9.40 Å². The van der Waals surface area contributed by atoms with Crippen molar-refractivity contribution in [3.05, 3.63) is 58.2 Å². The molecule has 0 aliphatic rings. The van der Waals surface area contributed by atoms with E-state index in [0.717, 1.165) is 0 Å². The van der Waals surface area contributed by atoms with Gasteiger partial charge in [0.05, 0.1) is 11.2 Å². The molecule has 9 heteroatoms. The largest absolute Gasteiger partial charge is 0.417 e. The van der Waals surface area contributed by atoms with Gasteiger partial charge >= 0.3 is 5.76 Å². The first-order valence-electron chi connectivity index (χ1n) is 6.85. The number of fused-ring (bicyclic) bond motifs is 2. The lowest BCUT2D eigenvalue weighted by Crippen LogP contribution is -2.12. The number of aromatic amines is 2. The van der Waals surface area contributed by atoms with Crippen molar-refractivity contribution in [1.29, 1.82) is 0 Å². The van der Waals surface area contributed by atoms with Crippen LogP contribution in [0.15, 0.2) is 56.7 Å². The molecule has 2 aromatic heterocycles. The molecule has 2 heterocycles. The van der Waals surface area contributed by atoms with Gasteiger partial charge in [-0.15, -0.1) is 0 Å². The van der Waals surface area contributed by atoms with Gasteiger partial charge in [-0.25, -0.2) is 13.2 Å². The maximum atomic E-state index is 12.7. The number of halogens is 1. The van der Waals surface area contributed by atoms with Crippen LogP contribution >= 0.6 is 11.6 Å². The van der Waals surface area contributed by atoms with E-state index in [-0.39, 0.29) is 16.2 Å². The Bertz CT molecular complexity index is 1240. The minimum Gasteiger partial charge on any atom is -0.406 e. The quantitative estimate of drug-likeness (QED) is 0.519. The van der Waals surface area contributed by atoms with Crippen molar-refractivity contribution >= 4 is 49.3 Å². The zero-order chi connectivity index (χ0) is 16.9. The molecule has 0 atom stereocenters. The summed E-state index contributed by atoms with van der Waals surface area (Å²) in [4.78, 5) is 16.8. The lowest BCUT2D eigenvalue weighted by atomic mass is 10.2. The number of oxazole rings is 1. The van der Waals surface area contributed by atoms with Crippen molar-refractivity contribution in [1.82, 2.24) is 9.97 Å². The summed E-state index contributed by atoms with van der Waals surface area (Å²) in [7, 11) is -3.89. The molecule has 0 unspecified atom stereocenters. The third-order valence-corrected chi connectivity index (χ3v) is 5.23. The van der Waals surface area contributed by atoms with E-state index in [9.17, 15) is 13.2 Å². The van der Waals surface area contributed by atoms with Crippen molar-refractivity contribution in [2.45, 2.75) is 4.90 Å². The van der Waals surface area contributed by atoms with Crippen LogP contribution in [0.3, 0.4) is 0 Å². The van der Waals surface area contributed by atoms with Gasteiger partial charge in [0.15, 0.2) is 5.58 Å². The fraction of sp³-hybridized carbons (Fsp3) is 0. The lowest BCUT2D eigenvalue weighted by molar-refractivity contribution is 0.556. The normalized spacial score (nSPS) is 12.0. The zero-order valence-electron chi connectivity index (χ0n) is 12.0. The molecule has 7 nitrogen and oxygen atoms in total. The van der Waals surface area contributed by atoms with Crippen molar-refractivity contribution in [2.75, 3.05) is 4.72 Å². The van der Waals surface area contributed by atoms with Crippen LogP contribution in [0, 0.1) is 0 Å². The molecule has 3 N–H and O–H groups in total. The molecule has 0 bridgehead atoms. The molecule has 0 aliphatic carbocycles. The van der Waals surface area contributed by atoms with Crippen LogP contribution in [0.2, 0.25) is 5.02 Å². The summed E-state index contributed by atoms with van der Waals surface area (Å²) in [6, 6.07) is 9.62. The molecule has 0 amide bonds. The molecule has 0 radical (unpaired) electrons. The second-order valence-corrected chi connectivity index (χ2v) is 7.23. The highest BCUT2D eigenvalue weighted by Gasteiger charge is 2.21. The molecule has 0 saturated carbocycles. The molecular formula is C15H10ClN3O4S. The number of nitrogens with one attached hydrogen (secondary N) is 3. The number of benzene rings is 2. The number of H-pyrrole nitrogens is 2. The van der Waals surface area contributed by atoms with Crippen LogP contribution in [-0.4, -0.2) is 18.4 Å². The molecule has 0 saturated heterocycles. The minimum absolute atomic E-state index is 0.0732. The molecule has 0 spiro atoms. The molecular weight excluding hydrogens is 354 g/mol. The highest BCUT2D eigenvalue weighted by molar-refractivity contribution is 7.93. The van der Waals surface area contributed by atoms with E-state index in [2.05, 4.69) is 14.7 Å². The van der Waals surface area contributed by atoms with E-state index in [4.69, 9.17) is 16.0 Å². The molecule has 4 rings (SSSR count). The number of hydrogen-bond donors (Lipinski definition) is 3. The predicted octanol–water partition coefficient (Wildman–Crippen LogP) is 3.06. The first kappa shape index (κ1) is 14.9. The number of aromatic nitrogens is 2. The van der Waals surface area contributed by atoms with E-state index in [1.807, 2.05) is 0 Å². The highest BCUT2D eigenvalue weighted by atomic mass is 35.5. The number of para-hydroxylation sites is 1. The van der Waals surface area contributed by atoms with Gasteiger partial charge in [-0.2, -0.15) is 0 Å². The third-order valence-electron chi connectivity index (χ3n) is 3.59. The van der Waals surface area contributed by atoms with Gasteiger partial charge in [-0.3, -0.25) is 9.71 Å². The Kier molecular flexibility index (Phi) is 3.19. The van der Waals surface area contributed by atoms with E-state index >= 15 is 0 Å². The molecule has 0 aliphatic heterocycles. The second-order valence-electron chi connectivity index (χ2n) is 5.15. The Morgan fingerprint density at radius 2 is 1.96 bits per heavy atom. The highest BCUT2D eigenvalue weighted by Crippen LogP contribution is 2.28. The van der Waals surface area contributed by atoms with Crippen LogP contribution < -0.4 is 10.5 Å². The summed E-state index contributed by atoms with van der Waals surface area (Å²) in [6.45, 7) is 0. The number of anilines is 1. The van der Waals surface area contributed by atoms with E-state index in [0.29, 0.717) is 21.4 Å². The maximum Gasteiger partial charge on any atom is 0.417 e. The Morgan fingerprint density at radius 1 is 1.12 bits per heavy atom. The summed E-state index contributed by atoms with van der Waals surface area (Å²) in [6.07, 6.45) is 1.39. The van der Waals surface area contributed by atoms with E-state index < -0.39 is 15.8 Å². The zero-order valence-corrected chi connectivity index (χ0v) is 13.5. The van der Waals surface area contributed by atoms with Crippen LogP contribution in [0.25, 0.3) is 22.0 Å². The van der Waals surface area contributed by atoms with Crippen LogP contribution in [0.4, 0.5) is 5.69 Å². The average Bonchev–Trinajstić information content (AvgIpc) is 3.10. The van der Waals surface area contributed by atoms with Gasteiger partial charge in [0.1, 0.15) is 4.90 Å². The van der Waals surface area contributed by atoms with Crippen LogP contribution in [0.1, 0.15) is 0 Å². The Labute approximate surface area is 140 Å². The van der Waals surface area contributed by atoms with Crippen LogP contribution in [-0.2, 0) is 10.0 Å². The summed E-state index contributed by atoms with van der Waals surface area (Å²) < 4.78 is 32.9. The van der Waals surface area contributed by atoms with Crippen LogP contribution in [0.5, 0.6) is 0 Å². The monoisotopic (exact) mass is 363 g/mol. The number of sulfonamides is 1. The van der Waals surface area contributed by atoms with Crippen molar-refractivity contribution in [2.24, 2.45) is 0 Å². The van der Waals surface area contributed by atoms with Gasteiger partial charge in [-0.05, 0) is 30.3 Å². The van der Waals surface area contributed by atoms with E-state index in [1.165, 1.54) is 12.3 Å². The Balaban J connectivity index is 1.83. The van der Waals surface area contributed by atoms with Crippen molar-refractivity contribution in [3.8, 4) is 0 Å². The van der Waals surface area contributed by atoms with Crippen molar-refractivity contribution in [3.63, 3.8) is 0 Å². The first-order chi connectivity index (χ1) is 11.4. The molecule has 122 valence electrons. The standard InChI is InChI=1S/C15H10ClN3O4S/c16-8-4-5-9-12(6-8)17-7-13(9)24(21,22)19-11-3-1-2-10-14(11)23-15(20)18-10/h1-7,17,19H,(H,18,20). The van der Waals surface area contributed by atoms with Gasteiger partial charge in [0, 0.05) is 22.1 Å². The Morgan fingerprint density at radius 3 is 2.79 bits per heavy atom. The lowest BCUT2D eigenvalue weighted by Gasteiger charge is -2.07. The van der Waals surface area contributed by atoms with Gasteiger partial charge in [0.2, 0.25) is 0 Å². The summed E-state index contributed by atoms with van der Waals surface area (Å²) in [5.41, 5.74) is 1.34. The summed E-state index contributed by atoms with van der Waals surface area (Å²) >= 11 is 5.91. The van der Waals surface area contributed by atoms with Gasteiger partial charge in [0.25, 0.3) is 10.0 Å². The summed E-state index contributed by atoms with van der Waals surface area (Å²) in [5, 5.41) is 1.01. The molecule has 0 fully saturated rings. The SMILES string of the molecule is O=c1[nH]c2cccc(NS(=O)(=O)c3c[nH]c4cc(Cl)ccc34)c2o1. The smallest absolute Gasteiger partial charge is 0.406 e. The fourth-order valence-corrected chi connectivity index (χ4v) is 3.96.